The summed E-state index contributed by atoms with van der Waals surface area (Å²) >= 11 is 0. The first-order chi connectivity index (χ1) is 4.83. The lowest BCUT2D eigenvalue weighted by Crippen LogP contribution is -2.25. The van der Waals surface area contributed by atoms with Crippen molar-refractivity contribution in [3.8, 4) is 0 Å². The van der Waals surface area contributed by atoms with Crippen molar-refractivity contribution in [3.05, 3.63) is 0 Å². The standard InChI is InChI=1S/C7H12O3/c8-3-1-6-2-4-10-7(9)5-6/h3,6-7,9H,1-2,4-5H2. The number of rotatable bonds is 2. The van der Waals surface area contributed by atoms with E-state index in [0.29, 0.717) is 25.4 Å². The maximum absolute atomic E-state index is 10.1. The quantitative estimate of drug-likeness (QED) is 0.568. The molecule has 0 amide bonds. The van der Waals surface area contributed by atoms with Gasteiger partial charge in [0.25, 0.3) is 0 Å². The first-order valence-electron chi connectivity index (χ1n) is 3.56. The Morgan fingerprint density at radius 3 is 3.10 bits per heavy atom. The molecule has 0 aliphatic carbocycles. The van der Waals surface area contributed by atoms with Gasteiger partial charge in [-0.15, -0.1) is 0 Å². The van der Waals surface area contributed by atoms with E-state index in [1.165, 1.54) is 0 Å². The summed E-state index contributed by atoms with van der Waals surface area (Å²) in [5, 5.41) is 8.97. The van der Waals surface area contributed by atoms with Crippen molar-refractivity contribution in [1.82, 2.24) is 0 Å². The summed E-state index contributed by atoms with van der Waals surface area (Å²) in [5.74, 6) is 0.334. The minimum Gasteiger partial charge on any atom is -0.368 e. The van der Waals surface area contributed by atoms with E-state index in [-0.39, 0.29) is 0 Å². The summed E-state index contributed by atoms with van der Waals surface area (Å²) in [7, 11) is 0. The van der Waals surface area contributed by atoms with E-state index in [9.17, 15) is 4.79 Å². The number of carbonyl (C=O) groups excluding carboxylic acids is 1. The second kappa shape index (κ2) is 3.68. The van der Waals surface area contributed by atoms with Crippen LogP contribution in [-0.4, -0.2) is 24.3 Å². The predicted molar refractivity (Wildman–Crippen MR) is 35.4 cm³/mol. The lowest BCUT2D eigenvalue weighted by molar-refractivity contribution is -0.140. The highest BCUT2D eigenvalue weighted by Gasteiger charge is 2.19. The molecule has 3 heteroatoms. The molecule has 0 spiro atoms. The molecule has 1 aliphatic heterocycles. The minimum atomic E-state index is -0.640. The van der Waals surface area contributed by atoms with Gasteiger partial charge in [0, 0.05) is 19.4 Å². The van der Waals surface area contributed by atoms with E-state index in [4.69, 9.17) is 9.84 Å². The molecule has 1 aliphatic rings. The molecule has 3 nitrogen and oxygen atoms in total. The molecule has 1 N–H and O–H groups in total. The number of hydrogen-bond donors (Lipinski definition) is 1. The van der Waals surface area contributed by atoms with Crippen molar-refractivity contribution in [2.24, 2.45) is 5.92 Å². The molecule has 1 rings (SSSR count). The number of carbonyl (C=O) groups is 1. The smallest absolute Gasteiger partial charge is 0.154 e. The van der Waals surface area contributed by atoms with Crippen molar-refractivity contribution < 1.29 is 14.6 Å². The fourth-order valence-corrected chi connectivity index (χ4v) is 1.19. The molecule has 0 aromatic carbocycles. The fraction of sp³-hybridized carbons (Fsp3) is 0.857. The first kappa shape index (κ1) is 7.69. The van der Waals surface area contributed by atoms with Crippen LogP contribution in [0.5, 0.6) is 0 Å². The van der Waals surface area contributed by atoms with Gasteiger partial charge in [-0.2, -0.15) is 0 Å². The molecule has 1 heterocycles. The van der Waals surface area contributed by atoms with Gasteiger partial charge in [0.05, 0.1) is 0 Å². The number of aldehydes is 1. The van der Waals surface area contributed by atoms with Gasteiger partial charge in [0.2, 0.25) is 0 Å². The Kier molecular flexibility index (Phi) is 2.83. The van der Waals surface area contributed by atoms with Crippen LogP contribution < -0.4 is 0 Å². The van der Waals surface area contributed by atoms with E-state index in [0.717, 1.165) is 12.7 Å². The highest BCUT2D eigenvalue weighted by Crippen LogP contribution is 2.20. The zero-order valence-electron chi connectivity index (χ0n) is 5.82. The Morgan fingerprint density at radius 1 is 1.70 bits per heavy atom. The summed E-state index contributed by atoms with van der Waals surface area (Å²) < 4.78 is 4.89. The first-order valence-corrected chi connectivity index (χ1v) is 3.56. The SMILES string of the molecule is O=CCC1CCOC(O)C1. The fourth-order valence-electron chi connectivity index (χ4n) is 1.19. The van der Waals surface area contributed by atoms with Crippen molar-refractivity contribution in [2.45, 2.75) is 25.6 Å². The van der Waals surface area contributed by atoms with Gasteiger partial charge >= 0.3 is 0 Å². The average molecular weight is 144 g/mol. The average Bonchev–Trinajstić information content (AvgIpc) is 1.88. The molecular weight excluding hydrogens is 132 g/mol. The number of ether oxygens (including phenoxy) is 1. The highest BCUT2D eigenvalue weighted by atomic mass is 16.6. The van der Waals surface area contributed by atoms with Crippen LogP contribution in [0.3, 0.4) is 0 Å². The van der Waals surface area contributed by atoms with E-state index < -0.39 is 6.29 Å². The summed E-state index contributed by atoms with van der Waals surface area (Å²) in [6.07, 6.45) is 2.33. The monoisotopic (exact) mass is 144 g/mol. The highest BCUT2D eigenvalue weighted by molar-refractivity contribution is 5.49. The van der Waals surface area contributed by atoms with Gasteiger partial charge in [-0.3, -0.25) is 0 Å². The zero-order valence-corrected chi connectivity index (χ0v) is 5.82. The molecule has 0 aromatic rings. The predicted octanol–water partition coefficient (Wildman–Crippen LogP) is 0.320. The minimum absolute atomic E-state index is 0.334. The molecule has 0 saturated carbocycles. The van der Waals surface area contributed by atoms with Crippen LogP contribution in [0.15, 0.2) is 0 Å². The van der Waals surface area contributed by atoms with Crippen molar-refractivity contribution >= 4 is 6.29 Å². The Labute approximate surface area is 60.0 Å². The van der Waals surface area contributed by atoms with Crippen LogP contribution in [0.1, 0.15) is 19.3 Å². The van der Waals surface area contributed by atoms with Gasteiger partial charge in [-0.05, 0) is 12.3 Å². The molecule has 0 bridgehead atoms. The van der Waals surface area contributed by atoms with E-state index >= 15 is 0 Å². The molecule has 1 fully saturated rings. The second-order valence-corrected chi connectivity index (χ2v) is 2.62. The van der Waals surface area contributed by atoms with Crippen LogP contribution >= 0.6 is 0 Å². The molecule has 10 heavy (non-hydrogen) atoms. The van der Waals surface area contributed by atoms with Gasteiger partial charge in [-0.25, -0.2) is 0 Å². The normalized spacial score (nSPS) is 33.7. The molecule has 2 atom stereocenters. The van der Waals surface area contributed by atoms with Crippen molar-refractivity contribution in [1.29, 1.82) is 0 Å². The van der Waals surface area contributed by atoms with Crippen LogP contribution in [0, 0.1) is 5.92 Å². The maximum Gasteiger partial charge on any atom is 0.154 e. The topological polar surface area (TPSA) is 46.5 Å². The third-order valence-corrected chi connectivity index (χ3v) is 1.80. The summed E-state index contributed by atoms with van der Waals surface area (Å²) in [6.45, 7) is 0.583. The van der Waals surface area contributed by atoms with Crippen LogP contribution in [0.4, 0.5) is 0 Å². The molecule has 0 radical (unpaired) electrons. The molecule has 1 saturated heterocycles. The third kappa shape index (κ3) is 2.08. The zero-order chi connectivity index (χ0) is 7.40. The van der Waals surface area contributed by atoms with Crippen molar-refractivity contribution in [3.63, 3.8) is 0 Å². The molecule has 0 aromatic heterocycles. The number of aliphatic hydroxyl groups excluding tert-OH is 1. The number of aliphatic hydroxyl groups is 1. The molecular formula is C7H12O3. The van der Waals surface area contributed by atoms with E-state index in [2.05, 4.69) is 0 Å². The van der Waals surface area contributed by atoms with Crippen LogP contribution in [-0.2, 0) is 9.53 Å². The van der Waals surface area contributed by atoms with Gasteiger partial charge in [0.15, 0.2) is 6.29 Å². The Bertz CT molecular complexity index is 113. The number of hydrogen-bond acceptors (Lipinski definition) is 3. The Balaban J connectivity index is 2.24. The van der Waals surface area contributed by atoms with Crippen molar-refractivity contribution in [2.75, 3.05) is 6.61 Å². The van der Waals surface area contributed by atoms with Gasteiger partial charge in [-0.1, -0.05) is 0 Å². The van der Waals surface area contributed by atoms with E-state index in [1.807, 2.05) is 0 Å². The summed E-state index contributed by atoms with van der Waals surface area (Å²) in [4.78, 5) is 10.1. The van der Waals surface area contributed by atoms with E-state index in [1.54, 1.807) is 0 Å². The molecule has 58 valence electrons. The molecule has 2 unspecified atom stereocenters. The summed E-state index contributed by atoms with van der Waals surface area (Å²) in [6, 6.07) is 0. The van der Waals surface area contributed by atoms with Crippen LogP contribution in [0.25, 0.3) is 0 Å². The Hall–Kier alpha value is -0.410. The lowest BCUT2D eigenvalue weighted by Gasteiger charge is -2.24. The summed E-state index contributed by atoms with van der Waals surface area (Å²) in [5.41, 5.74) is 0. The van der Waals surface area contributed by atoms with Gasteiger partial charge < -0.3 is 14.6 Å². The van der Waals surface area contributed by atoms with Gasteiger partial charge in [0.1, 0.15) is 6.29 Å². The second-order valence-electron chi connectivity index (χ2n) is 2.62. The maximum atomic E-state index is 10.1. The lowest BCUT2D eigenvalue weighted by atomic mass is 9.97. The third-order valence-electron chi connectivity index (χ3n) is 1.80. The largest absolute Gasteiger partial charge is 0.368 e. The Morgan fingerprint density at radius 2 is 2.50 bits per heavy atom. The van der Waals surface area contributed by atoms with Crippen LogP contribution in [0.2, 0.25) is 0 Å².